The summed E-state index contributed by atoms with van der Waals surface area (Å²) in [6, 6.07) is 4.84. The van der Waals surface area contributed by atoms with Gasteiger partial charge in [-0.1, -0.05) is 26.3 Å². The quantitative estimate of drug-likeness (QED) is 0.783. The van der Waals surface area contributed by atoms with E-state index in [2.05, 4.69) is 51.8 Å². The summed E-state index contributed by atoms with van der Waals surface area (Å²) in [6.45, 7) is 7.02. The van der Waals surface area contributed by atoms with Crippen LogP contribution in [0.3, 0.4) is 0 Å². The van der Waals surface area contributed by atoms with Crippen LogP contribution in [-0.2, 0) is 0 Å². The summed E-state index contributed by atoms with van der Waals surface area (Å²) in [5.74, 6) is 0.735. The normalized spacial score (nSPS) is 22.0. The fourth-order valence-electron chi connectivity index (χ4n) is 2.64. The molecule has 0 aromatic carbocycles. The standard InChI is InChI=1S/C14H21BrN2/c1-11(2)10-17-8-4-3-5-13(17)12-6-7-14(15)16-9-12/h6-7,9,11,13H,3-5,8,10H2,1-2H3. The fraction of sp³-hybridized carbons (Fsp3) is 0.643. The number of hydrogen-bond acceptors (Lipinski definition) is 2. The molecule has 2 nitrogen and oxygen atoms in total. The zero-order chi connectivity index (χ0) is 12.3. The van der Waals surface area contributed by atoms with E-state index in [0.29, 0.717) is 6.04 Å². The monoisotopic (exact) mass is 296 g/mol. The Labute approximate surface area is 113 Å². The average Bonchev–Trinajstić information content (AvgIpc) is 2.30. The van der Waals surface area contributed by atoms with E-state index >= 15 is 0 Å². The molecular formula is C14H21BrN2. The van der Waals surface area contributed by atoms with Crippen molar-refractivity contribution in [2.45, 2.75) is 39.2 Å². The molecular weight excluding hydrogens is 276 g/mol. The van der Waals surface area contributed by atoms with Crippen LogP contribution in [0.1, 0.15) is 44.7 Å². The highest BCUT2D eigenvalue weighted by molar-refractivity contribution is 9.10. The average molecular weight is 297 g/mol. The van der Waals surface area contributed by atoms with Crippen molar-refractivity contribution in [2.75, 3.05) is 13.1 Å². The van der Waals surface area contributed by atoms with Gasteiger partial charge in [0.15, 0.2) is 0 Å². The molecule has 1 aliphatic heterocycles. The Morgan fingerprint density at radius 3 is 2.88 bits per heavy atom. The van der Waals surface area contributed by atoms with Crippen LogP contribution in [0, 0.1) is 5.92 Å². The van der Waals surface area contributed by atoms with Crippen LogP contribution in [0.15, 0.2) is 22.9 Å². The largest absolute Gasteiger partial charge is 0.296 e. The molecule has 0 N–H and O–H groups in total. The Kier molecular flexibility index (Phi) is 4.57. The van der Waals surface area contributed by atoms with Gasteiger partial charge in [0, 0.05) is 18.8 Å². The zero-order valence-corrected chi connectivity index (χ0v) is 12.3. The molecule has 94 valence electrons. The predicted molar refractivity (Wildman–Crippen MR) is 74.9 cm³/mol. The van der Waals surface area contributed by atoms with Gasteiger partial charge in [-0.25, -0.2) is 4.98 Å². The molecule has 17 heavy (non-hydrogen) atoms. The first-order valence-corrected chi connectivity index (χ1v) is 7.31. The Bertz CT molecular complexity index is 348. The summed E-state index contributed by atoms with van der Waals surface area (Å²) in [5.41, 5.74) is 1.37. The summed E-state index contributed by atoms with van der Waals surface area (Å²) in [4.78, 5) is 6.98. The molecule has 2 rings (SSSR count). The van der Waals surface area contributed by atoms with Gasteiger partial charge in [-0.15, -0.1) is 0 Å². The Balaban J connectivity index is 2.12. The molecule has 2 heterocycles. The fourth-order valence-corrected chi connectivity index (χ4v) is 2.87. The predicted octanol–water partition coefficient (Wildman–Crippen LogP) is 4.03. The minimum absolute atomic E-state index is 0.576. The Hall–Kier alpha value is -0.410. The maximum absolute atomic E-state index is 4.36. The lowest BCUT2D eigenvalue weighted by molar-refractivity contribution is 0.132. The van der Waals surface area contributed by atoms with E-state index in [0.717, 1.165) is 10.5 Å². The topological polar surface area (TPSA) is 16.1 Å². The van der Waals surface area contributed by atoms with E-state index in [4.69, 9.17) is 0 Å². The van der Waals surface area contributed by atoms with E-state index in [1.54, 1.807) is 0 Å². The molecule has 1 unspecified atom stereocenters. The highest BCUT2D eigenvalue weighted by atomic mass is 79.9. The molecule has 0 radical (unpaired) electrons. The maximum Gasteiger partial charge on any atom is 0.106 e. The lowest BCUT2D eigenvalue weighted by atomic mass is 9.95. The molecule has 1 saturated heterocycles. The Morgan fingerprint density at radius 1 is 1.41 bits per heavy atom. The Morgan fingerprint density at radius 2 is 2.24 bits per heavy atom. The smallest absolute Gasteiger partial charge is 0.106 e. The molecule has 0 bridgehead atoms. The summed E-state index contributed by atoms with van der Waals surface area (Å²) >= 11 is 3.40. The number of hydrogen-bond donors (Lipinski definition) is 0. The molecule has 3 heteroatoms. The molecule has 1 aromatic heterocycles. The van der Waals surface area contributed by atoms with Gasteiger partial charge >= 0.3 is 0 Å². The van der Waals surface area contributed by atoms with Crippen LogP contribution < -0.4 is 0 Å². The van der Waals surface area contributed by atoms with Crippen LogP contribution in [0.2, 0.25) is 0 Å². The number of rotatable bonds is 3. The lowest BCUT2D eigenvalue weighted by Crippen LogP contribution is -2.36. The molecule has 0 spiro atoms. The van der Waals surface area contributed by atoms with Crippen LogP contribution >= 0.6 is 15.9 Å². The first-order chi connectivity index (χ1) is 8.16. The number of piperidine rings is 1. The second-order valence-corrected chi connectivity index (χ2v) is 6.13. The first kappa shape index (κ1) is 13.0. The number of pyridine rings is 1. The second kappa shape index (κ2) is 5.96. The molecule has 1 aromatic rings. The van der Waals surface area contributed by atoms with Crippen molar-refractivity contribution in [1.82, 2.24) is 9.88 Å². The molecule has 0 aliphatic carbocycles. The number of likely N-dealkylation sites (tertiary alicyclic amines) is 1. The van der Waals surface area contributed by atoms with Crippen molar-refractivity contribution in [3.63, 3.8) is 0 Å². The highest BCUT2D eigenvalue weighted by Crippen LogP contribution is 2.31. The summed E-state index contributed by atoms with van der Waals surface area (Å²) in [6.07, 6.45) is 5.98. The maximum atomic E-state index is 4.36. The minimum Gasteiger partial charge on any atom is -0.296 e. The van der Waals surface area contributed by atoms with Crippen LogP contribution in [0.4, 0.5) is 0 Å². The molecule has 1 atom stereocenters. The van der Waals surface area contributed by atoms with E-state index < -0.39 is 0 Å². The van der Waals surface area contributed by atoms with Crippen molar-refractivity contribution >= 4 is 15.9 Å². The van der Waals surface area contributed by atoms with Gasteiger partial charge in [0.2, 0.25) is 0 Å². The minimum atomic E-state index is 0.576. The van der Waals surface area contributed by atoms with E-state index in [9.17, 15) is 0 Å². The first-order valence-electron chi connectivity index (χ1n) is 6.52. The number of nitrogens with zero attached hydrogens (tertiary/aromatic N) is 2. The summed E-state index contributed by atoms with van der Waals surface area (Å²) in [7, 11) is 0. The van der Waals surface area contributed by atoms with Crippen molar-refractivity contribution < 1.29 is 0 Å². The van der Waals surface area contributed by atoms with Gasteiger partial charge in [0.05, 0.1) is 0 Å². The molecule has 0 amide bonds. The summed E-state index contributed by atoms with van der Waals surface area (Å²) in [5, 5.41) is 0. The molecule has 1 fully saturated rings. The van der Waals surface area contributed by atoms with Crippen molar-refractivity contribution in [3.05, 3.63) is 28.5 Å². The van der Waals surface area contributed by atoms with Crippen molar-refractivity contribution in [1.29, 1.82) is 0 Å². The third-order valence-corrected chi connectivity index (χ3v) is 3.82. The second-order valence-electron chi connectivity index (χ2n) is 5.31. The van der Waals surface area contributed by atoms with Crippen LogP contribution in [0.25, 0.3) is 0 Å². The van der Waals surface area contributed by atoms with Gasteiger partial charge in [-0.05, 0) is 52.9 Å². The van der Waals surface area contributed by atoms with Gasteiger partial charge in [0.25, 0.3) is 0 Å². The zero-order valence-electron chi connectivity index (χ0n) is 10.7. The van der Waals surface area contributed by atoms with Crippen LogP contribution in [-0.4, -0.2) is 23.0 Å². The molecule has 0 saturated carbocycles. The molecule has 1 aliphatic rings. The SMILES string of the molecule is CC(C)CN1CCCCC1c1ccc(Br)nc1. The van der Waals surface area contributed by atoms with Crippen LogP contribution in [0.5, 0.6) is 0 Å². The number of aromatic nitrogens is 1. The van der Waals surface area contributed by atoms with Crippen molar-refractivity contribution in [3.8, 4) is 0 Å². The lowest BCUT2D eigenvalue weighted by Gasteiger charge is -2.37. The van der Waals surface area contributed by atoms with E-state index in [1.807, 2.05) is 6.20 Å². The van der Waals surface area contributed by atoms with Gasteiger partial charge < -0.3 is 0 Å². The van der Waals surface area contributed by atoms with E-state index in [1.165, 1.54) is 37.9 Å². The van der Waals surface area contributed by atoms with Crippen molar-refractivity contribution in [2.24, 2.45) is 5.92 Å². The highest BCUT2D eigenvalue weighted by Gasteiger charge is 2.24. The van der Waals surface area contributed by atoms with E-state index in [-0.39, 0.29) is 0 Å². The summed E-state index contributed by atoms with van der Waals surface area (Å²) < 4.78 is 0.924. The van der Waals surface area contributed by atoms with Gasteiger partial charge in [0.1, 0.15) is 4.60 Å². The number of halogens is 1. The van der Waals surface area contributed by atoms with Gasteiger partial charge in [-0.3, -0.25) is 4.90 Å². The third-order valence-electron chi connectivity index (χ3n) is 3.35. The third kappa shape index (κ3) is 3.52. The van der Waals surface area contributed by atoms with Gasteiger partial charge in [-0.2, -0.15) is 0 Å².